The Morgan fingerprint density at radius 1 is 1.13 bits per heavy atom. The van der Waals surface area contributed by atoms with E-state index in [-0.39, 0.29) is 5.97 Å². The lowest BCUT2D eigenvalue weighted by molar-refractivity contribution is -0.140. The third kappa shape index (κ3) is 5.06. The number of carbonyl (C=O) groups is 2. The highest BCUT2D eigenvalue weighted by molar-refractivity contribution is 5.78. The monoisotopic (exact) mass is 322 g/mol. The van der Waals surface area contributed by atoms with Crippen LogP contribution in [0.1, 0.15) is 78.1 Å². The summed E-state index contributed by atoms with van der Waals surface area (Å²) in [5, 5.41) is 0. The molecule has 2 aliphatic carbocycles. The first-order chi connectivity index (χ1) is 11.0. The Hall–Kier alpha value is -0.860. The van der Waals surface area contributed by atoms with Crippen molar-refractivity contribution in [3.63, 3.8) is 0 Å². The topological polar surface area (TPSA) is 43.4 Å². The Kier molecular flexibility index (Phi) is 7.10. The number of carbonyl (C=O) groups excluding carboxylic acids is 2. The second-order valence-electron chi connectivity index (χ2n) is 7.91. The fourth-order valence-corrected chi connectivity index (χ4v) is 5.02. The molecule has 5 atom stereocenters. The fraction of sp³-hybridized carbons (Fsp3) is 0.900. The van der Waals surface area contributed by atoms with Gasteiger partial charge in [0.15, 0.2) is 0 Å². The molecule has 0 saturated heterocycles. The summed E-state index contributed by atoms with van der Waals surface area (Å²) in [7, 11) is 1.46. The molecule has 3 heteroatoms. The molecule has 0 aromatic heterocycles. The van der Waals surface area contributed by atoms with Crippen LogP contribution in [0.15, 0.2) is 0 Å². The van der Waals surface area contributed by atoms with Gasteiger partial charge in [-0.15, -0.1) is 0 Å². The van der Waals surface area contributed by atoms with Crippen molar-refractivity contribution in [2.75, 3.05) is 7.11 Å². The smallest absolute Gasteiger partial charge is 0.305 e. The zero-order chi connectivity index (χ0) is 16.8. The van der Waals surface area contributed by atoms with Crippen LogP contribution in [0.5, 0.6) is 0 Å². The van der Waals surface area contributed by atoms with Crippen molar-refractivity contribution in [1.82, 2.24) is 0 Å². The normalized spacial score (nSPS) is 30.4. The molecule has 0 heterocycles. The molecule has 2 fully saturated rings. The SMILES string of the molecule is CCC(=O)C[C@H]1C2CCC(C2)[C@@H]1CCC(C)CCCC(=O)OC. The summed E-state index contributed by atoms with van der Waals surface area (Å²) in [5.41, 5.74) is 0. The van der Waals surface area contributed by atoms with E-state index < -0.39 is 0 Å². The highest BCUT2D eigenvalue weighted by Gasteiger charge is 2.47. The minimum atomic E-state index is -0.0940. The first-order valence-corrected chi connectivity index (χ1v) is 9.63. The maximum atomic E-state index is 11.9. The molecular weight excluding hydrogens is 288 g/mol. The van der Waals surface area contributed by atoms with Crippen molar-refractivity contribution < 1.29 is 14.3 Å². The van der Waals surface area contributed by atoms with E-state index in [9.17, 15) is 9.59 Å². The molecule has 3 unspecified atom stereocenters. The first kappa shape index (κ1) is 18.5. The van der Waals surface area contributed by atoms with E-state index in [4.69, 9.17) is 4.74 Å². The lowest BCUT2D eigenvalue weighted by Crippen LogP contribution is -2.25. The molecule has 2 saturated carbocycles. The lowest BCUT2D eigenvalue weighted by atomic mass is 9.73. The average Bonchev–Trinajstić information content (AvgIpc) is 3.14. The third-order valence-electron chi connectivity index (χ3n) is 6.43. The average molecular weight is 322 g/mol. The molecule has 3 nitrogen and oxygen atoms in total. The van der Waals surface area contributed by atoms with Gasteiger partial charge >= 0.3 is 5.97 Å². The molecule has 2 aliphatic rings. The Bertz CT molecular complexity index is 404. The number of ketones is 1. The maximum absolute atomic E-state index is 11.9. The number of Topliss-reactive ketones (excluding diaryl/α,β-unsaturated/α-hetero) is 1. The molecule has 2 rings (SSSR count). The van der Waals surface area contributed by atoms with Crippen LogP contribution >= 0.6 is 0 Å². The van der Waals surface area contributed by atoms with Crippen LogP contribution in [0.4, 0.5) is 0 Å². The van der Waals surface area contributed by atoms with Crippen LogP contribution < -0.4 is 0 Å². The molecule has 0 amide bonds. The van der Waals surface area contributed by atoms with E-state index in [1.807, 2.05) is 6.92 Å². The summed E-state index contributed by atoms with van der Waals surface area (Å²) >= 11 is 0. The van der Waals surface area contributed by atoms with Crippen molar-refractivity contribution >= 4 is 11.8 Å². The maximum Gasteiger partial charge on any atom is 0.305 e. The van der Waals surface area contributed by atoms with E-state index in [1.165, 1.54) is 39.2 Å². The van der Waals surface area contributed by atoms with Gasteiger partial charge in [-0.25, -0.2) is 0 Å². The van der Waals surface area contributed by atoms with Gasteiger partial charge in [0.25, 0.3) is 0 Å². The molecule has 0 aliphatic heterocycles. The molecule has 0 radical (unpaired) electrons. The molecule has 0 aromatic carbocycles. The number of methoxy groups -OCH3 is 1. The van der Waals surface area contributed by atoms with Crippen LogP contribution in [0.25, 0.3) is 0 Å². The number of hydrogen-bond acceptors (Lipinski definition) is 3. The van der Waals surface area contributed by atoms with E-state index >= 15 is 0 Å². The molecule has 0 aromatic rings. The van der Waals surface area contributed by atoms with Gasteiger partial charge in [0, 0.05) is 19.3 Å². The van der Waals surface area contributed by atoms with Gasteiger partial charge in [-0.3, -0.25) is 9.59 Å². The number of rotatable bonds is 10. The van der Waals surface area contributed by atoms with E-state index in [1.54, 1.807) is 0 Å². The van der Waals surface area contributed by atoms with Crippen molar-refractivity contribution in [3.8, 4) is 0 Å². The largest absolute Gasteiger partial charge is 0.469 e. The highest BCUT2D eigenvalue weighted by atomic mass is 16.5. The van der Waals surface area contributed by atoms with Crippen molar-refractivity contribution in [2.45, 2.75) is 78.1 Å². The van der Waals surface area contributed by atoms with Crippen LogP contribution in [0.2, 0.25) is 0 Å². The summed E-state index contributed by atoms with van der Waals surface area (Å²) in [6.45, 7) is 4.30. The van der Waals surface area contributed by atoms with E-state index in [2.05, 4.69) is 6.92 Å². The van der Waals surface area contributed by atoms with Gasteiger partial charge in [-0.2, -0.15) is 0 Å². The summed E-state index contributed by atoms with van der Waals surface area (Å²) in [6, 6.07) is 0. The third-order valence-corrected chi connectivity index (χ3v) is 6.43. The van der Waals surface area contributed by atoms with E-state index in [0.29, 0.717) is 30.5 Å². The predicted octanol–water partition coefficient (Wildman–Crippen LogP) is 4.78. The number of fused-ring (bicyclic) bond motifs is 2. The molecule has 132 valence electrons. The number of ether oxygens (including phenoxy) is 1. The Labute approximate surface area is 141 Å². The summed E-state index contributed by atoms with van der Waals surface area (Å²) in [5.74, 6) is 4.20. The molecule has 2 bridgehead atoms. The van der Waals surface area contributed by atoms with Gasteiger partial charge in [0.05, 0.1) is 7.11 Å². The summed E-state index contributed by atoms with van der Waals surface area (Å²) in [6.07, 6.45) is 10.8. The van der Waals surface area contributed by atoms with Crippen LogP contribution in [0, 0.1) is 29.6 Å². The van der Waals surface area contributed by atoms with Gasteiger partial charge in [0.1, 0.15) is 5.78 Å². The van der Waals surface area contributed by atoms with E-state index in [0.717, 1.165) is 37.0 Å². The van der Waals surface area contributed by atoms with Gasteiger partial charge < -0.3 is 4.74 Å². The highest BCUT2D eigenvalue weighted by Crippen LogP contribution is 2.55. The molecule has 0 N–H and O–H groups in total. The van der Waals surface area contributed by atoms with Crippen molar-refractivity contribution in [2.24, 2.45) is 29.6 Å². The molecular formula is C20H34O3. The van der Waals surface area contributed by atoms with Crippen molar-refractivity contribution in [1.29, 1.82) is 0 Å². The molecule has 23 heavy (non-hydrogen) atoms. The van der Waals surface area contributed by atoms with Crippen LogP contribution in [0.3, 0.4) is 0 Å². The Morgan fingerprint density at radius 3 is 2.48 bits per heavy atom. The number of esters is 1. The minimum absolute atomic E-state index is 0.0940. The zero-order valence-electron chi connectivity index (χ0n) is 15.2. The second kappa shape index (κ2) is 8.84. The minimum Gasteiger partial charge on any atom is -0.469 e. The van der Waals surface area contributed by atoms with Crippen LogP contribution in [-0.2, 0) is 14.3 Å². The Balaban J connectivity index is 1.74. The van der Waals surface area contributed by atoms with Gasteiger partial charge in [-0.05, 0) is 61.7 Å². The standard InChI is InChI=1S/C20H34O3/c1-4-17(21)13-19-16-10-9-15(12-16)18(19)11-8-14(2)6-5-7-20(22)23-3/h14-16,18-19H,4-13H2,1-3H3/t14?,15?,16?,18-,19-/m0/s1. The van der Waals surface area contributed by atoms with Crippen LogP contribution in [-0.4, -0.2) is 18.9 Å². The predicted molar refractivity (Wildman–Crippen MR) is 92.0 cm³/mol. The second-order valence-corrected chi connectivity index (χ2v) is 7.91. The Morgan fingerprint density at radius 2 is 1.83 bits per heavy atom. The summed E-state index contributed by atoms with van der Waals surface area (Å²) < 4.78 is 4.70. The van der Waals surface area contributed by atoms with Gasteiger partial charge in [-0.1, -0.05) is 26.7 Å². The zero-order valence-corrected chi connectivity index (χ0v) is 15.2. The summed E-state index contributed by atoms with van der Waals surface area (Å²) in [4.78, 5) is 23.1. The van der Waals surface area contributed by atoms with Crippen molar-refractivity contribution in [3.05, 3.63) is 0 Å². The quantitative estimate of drug-likeness (QED) is 0.544. The fourth-order valence-electron chi connectivity index (χ4n) is 5.02. The molecule has 0 spiro atoms. The van der Waals surface area contributed by atoms with Gasteiger partial charge in [0.2, 0.25) is 0 Å². The number of hydrogen-bond donors (Lipinski definition) is 0. The first-order valence-electron chi connectivity index (χ1n) is 9.63. The lowest BCUT2D eigenvalue weighted by Gasteiger charge is -2.31.